The normalized spacial score (nSPS) is 16.0. The second-order valence-electron chi connectivity index (χ2n) is 4.82. The molecule has 96 valence electrons. The minimum atomic E-state index is -0.391. The Hall–Kier alpha value is -1.59. The summed E-state index contributed by atoms with van der Waals surface area (Å²) < 4.78 is 4.97. The molecule has 0 spiro atoms. The van der Waals surface area contributed by atoms with Gasteiger partial charge in [-0.05, 0) is 36.6 Å². The summed E-state index contributed by atoms with van der Waals surface area (Å²) in [6, 6.07) is 5.83. The zero-order valence-corrected chi connectivity index (χ0v) is 10.2. The summed E-state index contributed by atoms with van der Waals surface area (Å²) in [6.45, 7) is 4.31. The first-order chi connectivity index (χ1) is 8.81. The Morgan fingerprint density at radius 1 is 1.39 bits per heavy atom. The Morgan fingerprint density at radius 3 is 3.06 bits per heavy atom. The van der Waals surface area contributed by atoms with Crippen LogP contribution in [0.25, 0.3) is 11.1 Å². The van der Waals surface area contributed by atoms with Gasteiger partial charge in [0.2, 0.25) is 0 Å². The Morgan fingerprint density at radius 2 is 2.28 bits per heavy atom. The van der Waals surface area contributed by atoms with Crippen LogP contribution in [0.4, 0.5) is 0 Å². The van der Waals surface area contributed by atoms with Gasteiger partial charge in [-0.25, -0.2) is 4.79 Å². The SMILES string of the molecule is O=c1[nH]c2cc(CCNCC3CNC3)ccc2o1. The highest BCUT2D eigenvalue weighted by Crippen LogP contribution is 2.12. The van der Waals surface area contributed by atoms with Crippen molar-refractivity contribution in [2.75, 3.05) is 26.2 Å². The topological polar surface area (TPSA) is 70.1 Å². The highest BCUT2D eigenvalue weighted by molar-refractivity contribution is 5.72. The molecule has 0 saturated carbocycles. The average Bonchev–Trinajstić information content (AvgIpc) is 2.65. The molecule has 0 radical (unpaired) electrons. The molecule has 1 fully saturated rings. The van der Waals surface area contributed by atoms with E-state index in [2.05, 4.69) is 15.6 Å². The second kappa shape index (κ2) is 4.96. The van der Waals surface area contributed by atoms with Gasteiger partial charge in [-0.15, -0.1) is 0 Å². The van der Waals surface area contributed by atoms with E-state index in [4.69, 9.17) is 4.42 Å². The first-order valence-corrected chi connectivity index (χ1v) is 6.34. The van der Waals surface area contributed by atoms with Crippen LogP contribution in [0.2, 0.25) is 0 Å². The molecule has 3 N–H and O–H groups in total. The molecular weight excluding hydrogens is 230 g/mol. The fourth-order valence-corrected chi connectivity index (χ4v) is 2.19. The Balaban J connectivity index is 1.55. The van der Waals surface area contributed by atoms with Gasteiger partial charge in [0.1, 0.15) is 0 Å². The largest absolute Gasteiger partial charge is 0.417 e. The van der Waals surface area contributed by atoms with Crippen molar-refractivity contribution in [3.8, 4) is 0 Å². The number of benzene rings is 1. The molecule has 0 unspecified atom stereocenters. The number of hydrogen-bond donors (Lipinski definition) is 3. The predicted molar refractivity (Wildman–Crippen MR) is 69.8 cm³/mol. The minimum Gasteiger partial charge on any atom is -0.408 e. The number of H-pyrrole nitrogens is 1. The van der Waals surface area contributed by atoms with Gasteiger partial charge in [0.25, 0.3) is 0 Å². The van der Waals surface area contributed by atoms with Crippen LogP contribution >= 0.6 is 0 Å². The second-order valence-corrected chi connectivity index (χ2v) is 4.82. The molecule has 5 nitrogen and oxygen atoms in total. The predicted octanol–water partition coefficient (Wildman–Crippen LogP) is 0.473. The first-order valence-electron chi connectivity index (χ1n) is 6.34. The Labute approximate surface area is 105 Å². The van der Waals surface area contributed by atoms with Crippen molar-refractivity contribution < 1.29 is 4.42 Å². The zero-order chi connectivity index (χ0) is 12.4. The van der Waals surface area contributed by atoms with E-state index >= 15 is 0 Å². The molecule has 1 aromatic heterocycles. The van der Waals surface area contributed by atoms with Gasteiger partial charge in [0.15, 0.2) is 5.58 Å². The smallest absolute Gasteiger partial charge is 0.408 e. The number of hydrogen-bond acceptors (Lipinski definition) is 4. The summed E-state index contributed by atoms with van der Waals surface area (Å²) in [6.07, 6.45) is 0.962. The van der Waals surface area contributed by atoms with Crippen LogP contribution < -0.4 is 16.4 Å². The number of fused-ring (bicyclic) bond motifs is 1. The Kier molecular flexibility index (Phi) is 3.17. The maximum atomic E-state index is 11.0. The van der Waals surface area contributed by atoms with Crippen molar-refractivity contribution in [3.05, 3.63) is 34.3 Å². The lowest BCUT2D eigenvalue weighted by Gasteiger charge is -2.27. The van der Waals surface area contributed by atoms with Crippen molar-refractivity contribution in [2.24, 2.45) is 5.92 Å². The van der Waals surface area contributed by atoms with Crippen LogP contribution in [0.5, 0.6) is 0 Å². The van der Waals surface area contributed by atoms with Crippen molar-refractivity contribution in [1.82, 2.24) is 15.6 Å². The highest BCUT2D eigenvalue weighted by Gasteiger charge is 2.15. The van der Waals surface area contributed by atoms with Gasteiger partial charge < -0.3 is 15.1 Å². The Bertz CT molecular complexity index is 583. The highest BCUT2D eigenvalue weighted by atomic mass is 16.4. The molecule has 2 aromatic rings. The summed E-state index contributed by atoms with van der Waals surface area (Å²) in [7, 11) is 0. The van der Waals surface area contributed by atoms with E-state index in [1.54, 1.807) is 0 Å². The van der Waals surface area contributed by atoms with Crippen LogP contribution in [0.15, 0.2) is 27.4 Å². The quantitative estimate of drug-likeness (QED) is 0.672. The maximum Gasteiger partial charge on any atom is 0.417 e. The van der Waals surface area contributed by atoms with Crippen molar-refractivity contribution >= 4 is 11.1 Å². The monoisotopic (exact) mass is 247 g/mol. The third kappa shape index (κ3) is 2.47. The van der Waals surface area contributed by atoms with E-state index in [9.17, 15) is 4.79 Å². The minimum absolute atomic E-state index is 0.391. The number of oxazole rings is 1. The molecule has 0 amide bonds. The molecule has 18 heavy (non-hydrogen) atoms. The van der Waals surface area contributed by atoms with Crippen LogP contribution in [0.3, 0.4) is 0 Å². The summed E-state index contributed by atoms with van der Waals surface area (Å²) >= 11 is 0. The molecule has 2 heterocycles. The lowest BCUT2D eigenvalue weighted by atomic mass is 10.0. The molecule has 0 atom stereocenters. The molecule has 1 saturated heterocycles. The van der Waals surface area contributed by atoms with E-state index < -0.39 is 5.76 Å². The lowest BCUT2D eigenvalue weighted by Crippen LogP contribution is -2.47. The molecule has 1 aliphatic heterocycles. The molecule has 1 aromatic carbocycles. The molecule has 0 aliphatic carbocycles. The third-order valence-corrected chi connectivity index (χ3v) is 3.37. The molecule has 5 heteroatoms. The van der Waals surface area contributed by atoms with Gasteiger partial charge in [-0.3, -0.25) is 4.98 Å². The van der Waals surface area contributed by atoms with Crippen LogP contribution in [0, 0.1) is 5.92 Å². The van der Waals surface area contributed by atoms with E-state index in [1.165, 1.54) is 5.56 Å². The standard InChI is InChI=1S/C13H17N3O2/c17-13-16-11-5-9(1-2-12(11)18-13)3-4-14-6-10-7-15-8-10/h1-2,5,10,14-15H,3-4,6-8H2,(H,16,17). The van der Waals surface area contributed by atoms with Crippen LogP contribution in [-0.4, -0.2) is 31.2 Å². The van der Waals surface area contributed by atoms with Gasteiger partial charge in [-0.1, -0.05) is 6.07 Å². The molecule has 1 aliphatic rings. The van der Waals surface area contributed by atoms with Gasteiger partial charge in [-0.2, -0.15) is 0 Å². The summed E-state index contributed by atoms with van der Waals surface area (Å²) in [5.74, 6) is 0.399. The van der Waals surface area contributed by atoms with Crippen LogP contribution in [-0.2, 0) is 6.42 Å². The number of aromatic amines is 1. The number of aromatic nitrogens is 1. The van der Waals surface area contributed by atoms with Crippen molar-refractivity contribution in [2.45, 2.75) is 6.42 Å². The van der Waals surface area contributed by atoms with E-state index in [-0.39, 0.29) is 0 Å². The van der Waals surface area contributed by atoms with E-state index in [0.717, 1.165) is 44.0 Å². The lowest BCUT2D eigenvalue weighted by molar-refractivity contribution is 0.333. The van der Waals surface area contributed by atoms with Gasteiger partial charge in [0, 0.05) is 19.6 Å². The van der Waals surface area contributed by atoms with E-state index in [1.807, 2.05) is 18.2 Å². The number of rotatable bonds is 5. The number of nitrogens with one attached hydrogen (secondary N) is 3. The average molecular weight is 247 g/mol. The van der Waals surface area contributed by atoms with Crippen molar-refractivity contribution in [1.29, 1.82) is 0 Å². The first kappa shape index (κ1) is 11.5. The summed E-state index contributed by atoms with van der Waals surface area (Å²) in [5.41, 5.74) is 2.61. The maximum absolute atomic E-state index is 11.0. The van der Waals surface area contributed by atoms with Gasteiger partial charge >= 0.3 is 5.76 Å². The fraction of sp³-hybridized carbons (Fsp3) is 0.462. The van der Waals surface area contributed by atoms with Crippen LogP contribution in [0.1, 0.15) is 5.56 Å². The third-order valence-electron chi connectivity index (χ3n) is 3.37. The van der Waals surface area contributed by atoms with Gasteiger partial charge in [0.05, 0.1) is 5.52 Å². The fourth-order valence-electron chi connectivity index (χ4n) is 2.19. The summed E-state index contributed by atoms with van der Waals surface area (Å²) in [5, 5.41) is 6.71. The zero-order valence-electron chi connectivity index (χ0n) is 10.2. The summed E-state index contributed by atoms with van der Waals surface area (Å²) in [4.78, 5) is 13.7. The van der Waals surface area contributed by atoms with Crippen molar-refractivity contribution in [3.63, 3.8) is 0 Å². The molecule has 3 rings (SSSR count). The molecule has 0 bridgehead atoms. The molecular formula is C13H17N3O2. The van der Waals surface area contributed by atoms with E-state index in [0.29, 0.717) is 5.58 Å².